The highest BCUT2D eigenvalue weighted by Crippen LogP contribution is 2.19. The number of rotatable bonds is 8. The number of anilines is 1. The van der Waals surface area contributed by atoms with Crippen molar-refractivity contribution in [1.82, 2.24) is 4.90 Å². The summed E-state index contributed by atoms with van der Waals surface area (Å²) in [7, 11) is 0. The minimum atomic E-state index is 0.222. The standard InChI is InChI=1S/C16H25ClN2O/c1-4-10-19(11-5-2)16(20)8-9-18-14-7-6-13(3)15(17)12-14/h6-7,12,18H,4-5,8-11H2,1-3H3. The normalized spacial score (nSPS) is 10.4. The van der Waals surface area contributed by atoms with Crippen molar-refractivity contribution in [2.45, 2.75) is 40.0 Å². The van der Waals surface area contributed by atoms with Crippen LogP contribution in [0.3, 0.4) is 0 Å². The molecule has 1 rings (SSSR count). The lowest BCUT2D eigenvalue weighted by Crippen LogP contribution is -2.33. The lowest BCUT2D eigenvalue weighted by molar-refractivity contribution is -0.131. The first kappa shape index (κ1) is 16.8. The summed E-state index contributed by atoms with van der Waals surface area (Å²) in [6.07, 6.45) is 2.53. The van der Waals surface area contributed by atoms with Crippen LogP contribution in [-0.2, 0) is 4.79 Å². The van der Waals surface area contributed by atoms with E-state index in [4.69, 9.17) is 11.6 Å². The summed E-state index contributed by atoms with van der Waals surface area (Å²) >= 11 is 6.07. The van der Waals surface area contributed by atoms with E-state index in [2.05, 4.69) is 19.2 Å². The average molecular weight is 297 g/mol. The zero-order valence-electron chi connectivity index (χ0n) is 12.7. The molecule has 0 atom stereocenters. The number of aryl methyl sites for hydroxylation is 1. The summed E-state index contributed by atoms with van der Waals surface area (Å²) in [5.41, 5.74) is 2.02. The number of amides is 1. The van der Waals surface area contributed by atoms with Crippen LogP contribution in [0.15, 0.2) is 18.2 Å². The van der Waals surface area contributed by atoms with Crippen molar-refractivity contribution in [3.05, 3.63) is 28.8 Å². The van der Waals surface area contributed by atoms with E-state index in [1.165, 1.54) is 0 Å². The van der Waals surface area contributed by atoms with Crippen LogP contribution in [0.25, 0.3) is 0 Å². The minimum absolute atomic E-state index is 0.222. The van der Waals surface area contributed by atoms with E-state index in [0.717, 1.165) is 42.2 Å². The van der Waals surface area contributed by atoms with Crippen molar-refractivity contribution < 1.29 is 4.79 Å². The molecule has 1 N–H and O–H groups in total. The molecule has 1 aromatic rings. The van der Waals surface area contributed by atoms with Gasteiger partial charge < -0.3 is 10.2 Å². The molecule has 0 spiro atoms. The van der Waals surface area contributed by atoms with Crippen LogP contribution in [0, 0.1) is 6.92 Å². The highest BCUT2D eigenvalue weighted by Gasteiger charge is 2.10. The van der Waals surface area contributed by atoms with Gasteiger partial charge in [0.25, 0.3) is 0 Å². The summed E-state index contributed by atoms with van der Waals surface area (Å²) in [5, 5.41) is 4.00. The largest absolute Gasteiger partial charge is 0.384 e. The summed E-state index contributed by atoms with van der Waals surface area (Å²) in [6, 6.07) is 5.87. The van der Waals surface area contributed by atoms with Crippen molar-refractivity contribution in [3.63, 3.8) is 0 Å². The first-order valence-electron chi connectivity index (χ1n) is 7.36. The van der Waals surface area contributed by atoms with Crippen molar-refractivity contribution in [1.29, 1.82) is 0 Å². The molecule has 0 aliphatic rings. The molecule has 3 nitrogen and oxygen atoms in total. The van der Waals surface area contributed by atoms with Crippen molar-refractivity contribution in [3.8, 4) is 0 Å². The molecule has 1 aromatic carbocycles. The monoisotopic (exact) mass is 296 g/mol. The fourth-order valence-electron chi connectivity index (χ4n) is 2.08. The average Bonchev–Trinajstić information content (AvgIpc) is 2.42. The van der Waals surface area contributed by atoms with E-state index >= 15 is 0 Å². The van der Waals surface area contributed by atoms with Crippen LogP contribution in [0.1, 0.15) is 38.7 Å². The van der Waals surface area contributed by atoms with Crippen LogP contribution in [-0.4, -0.2) is 30.4 Å². The van der Waals surface area contributed by atoms with Gasteiger partial charge in [0.1, 0.15) is 0 Å². The van der Waals surface area contributed by atoms with Crippen molar-refractivity contribution in [2.75, 3.05) is 25.0 Å². The highest BCUT2D eigenvalue weighted by molar-refractivity contribution is 6.31. The SMILES string of the molecule is CCCN(CCC)C(=O)CCNc1ccc(C)c(Cl)c1. The highest BCUT2D eigenvalue weighted by atomic mass is 35.5. The Kier molecular flexibility index (Phi) is 7.45. The molecule has 0 saturated carbocycles. The number of hydrogen-bond donors (Lipinski definition) is 1. The van der Waals surface area contributed by atoms with Gasteiger partial charge in [-0.25, -0.2) is 0 Å². The molecule has 20 heavy (non-hydrogen) atoms. The topological polar surface area (TPSA) is 32.3 Å². The molecule has 0 bridgehead atoms. The van der Waals surface area contributed by atoms with Gasteiger partial charge in [-0.05, 0) is 37.5 Å². The van der Waals surface area contributed by atoms with Gasteiger partial charge in [0.15, 0.2) is 0 Å². The van der Waals surface area contributed by atoms with Crippen molar-refractivity contribution >= 4 is 23.2 Å². The maximum absolute atomic E-state index is 12.1. The number of nitrogens with zero attached hydrogens (tertiary/aromatic N) is 1. The third-order valence-electron chi connectivity index (χ3n) is 3.18. The Balaban J connectivity index is 2.42. The number of benzene rings is 1. The molecular formula is C16H25ClN2O. The molecule has 0 unspecified atom stereocenters. The third kappa shape index (κ3) is 5.41. The van der Waals surface area contributed by atoms with Gasteiger partial charge in [0.2, 0.25) is 5.91 Å². The zero-order chi connectivity index (χ0) is 15.0. The van der Waals surface area contributed by atoms with Gasteiger partial charge in [-0.15, -0.1) is 0 Å². The number of nitrogens with one attached hydrogen (secondary N) is 1. The fraction of sp³-hybridized carbons (Fsp3) is 0.562. The number of halogens is 1. The summed E-state index contributed by atoms with van der Waals surface area (Å²) in [4.78, 5) is 14.0. The number of carbonyl (C=O) groups excluding carboxylic acids is 1. The van der Waals surface area contributed by atoms with E-state index in [1.807, 2.05) is 30.0 Å². The smallest absolute Gasteiger partial charge is 0.224 e. The van der Waals surface area contributed by atoms with E-state index < -0.39 is 0 Å². The lowest BCUT2D eigenvalue weighted by Gasteiger charge is -2.21. The molecule has 0 heterocycles. The van der Waals surface area contributed by atoms with Gasteiger partial charge in [-0.3, -0.25) is 4.79 Å². The predicted molar refractivity (Wildman–Crippen MR) is 86.5 cm³/mol. The third-order valence-corrected chi connectivity index (χ3v) is 3.59. The van der Waals surface area contributed by atoms with E-state index in [0.29, 0.717) is 13.0 Å². The van der Waals surface area contributed by atoms with Crippen LogP contribution < -0.4 is 5.32 Å². The number of carbonyl (C=O) groups is 1. The van der Waals surface area contributed by atoms with E-state index in [9.17, 15) is 4.79 Å². The Morgan fingerprint density at radius 2 is 1.90 bits per heavy atom. The van der Waals surface area contributed by atoms with E-state index in [1.54, 1.807) is 0 Å². The van der Waals surface area contributed by atoms with Gasteiger partial charge in [0, 0.05) is 36.8 Å². The summed E-state index contributed by atoms with van der Waals surface area (Å²) < 4.78 is 0. The van der Waals surface area contributed by atoms with Gasteiger partial charge in [-0.2, -0.15) is 0 Å². The Morgan fingerprint density at radius 3 is 2.45 bits per heavy atom. The second-order valence-corrected chi connectivity index (χ2v) is 5.43. The number of hydrogen-bond acceptors (Lipinski definition) is 2. The molecule has 0 aliphatic heterocycles. The maximum atomic E-state index is 12.1. The fourth-order valence-corrected chi connectivity index (χ4v) is 2.26. The Hall–Kier alpha value is -1.22. The van der Waals surface area contributed by atoms with Crippen LogP contribution in [0.4, 0.5) is 5.69 Å². The minimum Gasteiger partial charge on any atom is -0.384 e. The quantitative estimate of drug-likeness (QED) is 0.783. The predicted octanol–water partition coefficient (Wildman–Crippen LogP) is 4.10. The van der Waals surface area contributed by atoms with Gasteiger partial charge >= 0.3 is 0 Å². The van der Waals surface area contributed by atoms with Crippen molar-refractivity contribution in [2.24, 2.45) is 0 Å². The molecule has 0 saturated heterocycles. The molecule has 4 heteroatoms. The second-order valence-electron chi connectivity index (χ2n) is 5.02. The second kappa shape index (κ2) is 8.85. The molecule has 0 fully saturated rings. The summed E-state index contributed by atoms with van der Waals surface area (Å²) in [5.74, 6) is 0.222. The molecule has 1 amide bonds. The van der Waals surface area contributed by atoms with Crippen LogP contribution in [0.2, 0.25) is 5.02 Å². The molecule has 112 valence electrons. The van der Waals surface area contributed by atoms with E-state index in [-0.39, 0.29) is 5.91 Å². The molecular weight excluding hydrogens is 272 g/mol. The Bertz CT molecular complexity index is 428. The maximum Gasteiger partial charge on any atom is 0.224 e. The van der Waals surface area contributed by atoms with Crippen LogP contribution in [0.5, 0.6) is 0 Å². The van der Waals surface area contributed by atoms with Gasteiger partial charge in [0.05, 0.1) is 0 Å². The molecule has 0 aromatic heterocycles. The van der Waals surface area contributed by atoms with Gasteiger partial charge in [-0.1, -0.05) is 31.5 Å². The summed E-state index contributed by atoms with van der Waals surface area (Å²) in [6.45, 7) is 8.52. The first-order chi connectivity index (χ1) is 9.58. The Labute approximate surface area is 127 Å². The lowest BCUT2D eigenvalue weighted by atomic mass is 10.2. The molecule has 0 radical (unpaired) electrons. The Morgan fingerprint density at radius 1 is 1.25 bits per heavy atom. The van der Waals surface area contributed by atoms with Crippen LogP contribution >= 0.6 is 11.6 Å². The zero-order valence-corrected chi connectivity index (χ0v) is 13.5. The molecule has 0 aliphatic carbocycles. The first-order valence-corrected chi connectivity index (χ1v) is 7.74.